The SMILES string of the molecule is Cc1ccc2c(c1)SCC2Cl. The summed E-state index contributed by atoms with van der Waals surface area (Å²) in [6, 6.07) is 6.48. The predicted octanol–water partition coefficient (Wildman–Crippen LogP) is 3.38. The van der Waals surface area contributed by atoms with Gasteiger partial charge in [0.25, 0.3) is 0 Å². The molecule has 0 aliphatic carbocycles. The van der Waals surface area contributed by atoms with Crippen molar-refractivity contribution in [2.24, 2.45) is 0 Å². The Kier molecular flexibility index (Phi) is 1.86. The van der Waals surface area contributed by atoms with E-state index in [9.17, 15) is 0 Å². The predicted molar refractivity (Wildman–Crippen MR) is 50.5 cm³/mol. The summed E-state index contributed by atoms with van der Waals surface area (Å²) in [6.45, 7) is 2.11. The minimum Gasteiger partial charge on any atom is -0.124 e. The molecule has 1 aromatic rings. The van der Waals surface area contributed by atoms with Gasteiger partial charge in [0.05, 0.1) is 5.38 Å². The van der Waals surface area contributed by atoms with E-state index in [1.54, 1.807) is 0 Å². The lowest BCUT2D eigenvalue weighted by molar-refractivity contribution is 1.09. The average molecular weight is 185 g/mol. The van der Waals surface area contributed by atoms with Crippen molar-refractivity contribution in [2.75, 3.05) is 5.75 Å². The van der Waals surface area contributed by atoms with Crippen LogP contribution in [-0.2, 0) is 0 Å². The molecule has 0 fully saturated rings. The van der Waals surface area contributed by atoms with Gasteiger partial charge < -0.3 is 0 Å². The maximum Gasteiger partial charge on any atom is 0.0690 e. The van der Waals surface area contributed by atoms with E-state index in [2.05, 4.69) is 25.1 Å². The molecule has 0 nitrogen and oxygen atoms in total. The summed E-state index contributed by atoms with van der Waals surface area (Å²) in [4.78, 5) is 1.37. The highest BCUT2D eigenvalue weighted by atomic mass is 35.5. The summed E-state index contributed by atoms with van der Waals surface area (Å²) >= 11 is 7.93. The van der Waals surface area contributed by atoms with Crippen LogP contribution in [0, 0.1) is 6.92 Å². The van der Waals surface area contributed by atoms with E-state index in [1.165, 1.54) is 16.0 Å². The second-order valence-corrected chi connectivity index (χ2v) is 4.41. The van der Waals surface area contributed by atoms with Crippen LogP contribution in [0.25, 0.3) is 0 Å². The van der Waals surface area contributed by atoms with Crippen LogP contribution in [0.15, 0.2) is 23.1 Å². The second kappa shape index (κ2) is 2.72. The van der Waals surface area contributed by atoms with Crippen LogP contribution in [0.2, 0.25) is 0 Å². The maximum atomic E-state index is 6.07. The molecule has 1 aromatic carbocycles. The number of hydrogen-bond donors (Lipinski definition) is 0. The van der Waals surface area contributed by atoms with Crippen LogP contribution < -0.4 is 0 Å². The maximum absolute atomic E-state index is 6.07. The molecule has 1 aliphatic rings. The van der Waals surface area contributed by atoms with Crippen molar-refractivity contribution >= 4 is 23.4 Å². The van der Waals surface area contributed by atoms with Crippen molar-refractivity contribution in [3.63, 3.8) is 0 Å². The molecule has 2 rings (SSSR count). The van der Waals surface area contributed by atoms with E-state index in [-0.39, 0.29) is 5.38 Å². The van der Waals surface area contributed by atoms with E-state index in [0.717, 1.165) is 5.75 Å². The molecule has 1 atom stereocenters. The number of aryl methyl sites for hydroxylation is 1. The minimum absolute atomic E-state index is 0.232. The van der Waals surface area contributed by atoms with Crippen LogP contribution in [0.1, 0.15) is 16.5 Å². The van der Waals surface area contributed by atoms with Crippen molar-refractivity contribution < 1.29 is 0 Å². The van der Waals surface area contributed by atoms with Gasteiger partial charge in [0.15, 0.2) is 0 Å². The molecule has 0 spiro atoms. The number of halogens is 1. The summed E-state index contributed by atoms with van der Waals surface area (Å²) in [5, 5.41) is 0.232. The third-order valence-electron chi connectivity index (χ3n) is 1.89. The Morgan fingerprint density at radius 3 is 3.18 bits per heavy atom. The number of fused-ring (bicyclic) bond motifs is 1. The first-order valence-corrected chi connectivity index (χ1v) is 5.07. The van der Waals surface area contributed by atoms with E-state index in [0.29, 0.717) is 0 Å². The van der Waals surface area contributed by atoms with Gasteiger partial charge in [-0.2, -0.15) is 0 Å². The fraction of sp³-hybridized carbons (Fsp3) is 0.333. The molecule has 2 heteroatoms. The normalized spacial score (nSPS) is 21.8. The monoisotopic (exact) mass is 184 g/mol. The quantitative estimate of drug-likeness (QED) is 0.557. The summed E-state index contributed by atoms with van der Waals surface area (Å²) in [6.07, 6.45) is 0. The van der Waals surface area contributed by atoms with Crippen molar-refractivity contribution in [1.82, 2.24) is 0 Å². The van der Waals surface area contributed by atoms with E-state index in [1.807, 2.05) is 11.8 Å². The average Bonchev–Trinajstić information content (AvgIpc) is 2.32. The highest BCUT2D eigenvalue weighted by molar-refractivity contribution is 7.99. The third-order valence-corrected chi connectivity index (χ3v) is 3.63. The summed E-state index contributed by atoms with van der Waals surface area (Å²) < 4.78 is 0. The van der Waals surface area contributed by atoms with Gasteiger partial charge >= 0.3 is 0 Å². The molecule has 1 aliphatic heterocycles. The van der Waals surface area contributed by atoms with Gasteiger partial charge in [0.1, 0.15) is 0 Å². The summed E-state index contributed by atoms with van der Waals surface area (Å²) in [5.41, 5.74) is 2.63. The van der Waals surface area contributed by atoms with Crippen LogP contribution in [0.5, 0.6) is 0 Å². The van der Waals surface area contributed by atoms with Gasteiger partial charge in [-0.25, -0.2) is 0 Å². The standard InChI is InChI=1S/C9H9ClS/c1-6-2-3-7-8(10)5-11-9(7)4-6/h2-4,8H,5H2,1H3. The molecule has 0 N–H and O–H groups in total. The number of rotatable bonds is 0. The largest absolute Gasteiger partial charge is 0.124 e. The molecule has 1 unspecified atom stereocenters. The van der Waals surface area contributed by atoms with Gasteiger partial charge in [-0.3, -0.25) is 0 Å². The van der Waals surface area contributed by atoms with Gasteiger partial charge in [-0.15, -0.1) is 23.4 Å². The molecule has 0 bridgehead atoms. The Balaban J connectivity index is 2.50. The molecule has 11 heavy (non-hydrogen) atoms. The molecule has 1 heterocycles. The molecule has 0 saturated heterocycles. The number of alkyl halides is 1. The first-order valence-electron chi connectivity index (χ1n) is 3.65. The summed E-state index contributed by atoms with van der Waals surface area (Å²) in [5.74, 6) is 1.03. The van der Waals surface area contributed by atoms with Crippen LogP contribution in [0.3, 0.4) is 0 Å². The zero-order valence-electron chi connectivity index (χ0n) is 6.30. The first-order chi connectivity index (χ1) is 5.27. The van der Waals surface area contributed by atoms with Crippen LogP contribution in [-0.4, -0.2) is 5.75 Å². The molecular weight excluding hydrogens is 176 g/mol. The lowest BCUT2D eigenvalue weighted by atomic mass is 10.1. The smallest absolute Gasteiger partial charge is 0.0690 e. The van der Waals surface area contributed by atoms with Crippen LogP contribution in [0.4, 0.5) is 0 Å². The first kappa shape index (κ1) is 7.51. The Morgan fingerprint density at radius 1 is 1.55 bits per heavy atom. The zero-order valence-corrected chi connectivity index (χ0v) is 7.88. The van der Waals surface area contributed by atoms with E-state index in [4.69, 9.17) is 11.6 Å². The van der Waals surface area contributed by atoms with Crippen molar-refractivity contribution in [3.05, 3.63) is 29.3 Å². The fourth-order valence-corrected chi connectivity index (χ4v) is 2.87. The Hall–Kier alpha value is -0.140. The highest BCUT2D eigenvalue weighted by Crippen LogP contribution is 2.41. The Labute approximate surface area is 75.9 Å². The minimum atomic E-state index is 0.232. The van der Waals surface area contributed by atoms with Gasteiger partial charge in [-0.1, -0.05) is 12.1 Å². The number of benzene rings is 1. The molecule has 58 valence electrons. The molecule has 0 aromatic heterocycles. The van der Waals surface area contributed by atoms with E-state index < -0.39 is 0 Å². The molecular formula is C9H9ClS. The van der Waals surface area contributed by atoms with Crippen molar-refractivity contribution in [3.8, 4) is 0 Å². The molecule has 0 radical (unpaired) electrons. The second-order valence-electron chi connectivity index (χ2n) is 2.82. The summed E-state index contributed by atoms with van der Waals surface area (Å²) in [7, 11) is 0. The lowest BCUT2D eigenvalue weighted by Gasteiger charge is -2.00. The third kappa shape index (κ3) is 1.27. The van der Waals surface area contributed by atoms with Gasteiger partial charge in [-0.05, 0) is 24.1 Å². The van der Waals surface area contributed by atoms with Crippen LogP contribution >= 0.6 is 23.4 Å². The van der Waals surface area contributed by atoms with E-state index >= 15 is 0 Å². The Morgan fingerprint density at radius 2 is 2.36 bits per heavy atom. The van der Waals surface area contributed by atoms with Gasteiger partial charge in [0, 0.05) is 10.6 Å². The Bertz CT molecular complexity index is 283. The zero-order chi connectivity index (χ0) is 7.84. The molecule has 0 amide bonds. The molecule has 0 saturated carbocycles. The number of thioether (sulfide) groups is 1. The van der Waals surface area contributed by atoms with Gasteiger partial charge in [0.2, 0.25) is 0 Å². The highest BCUT2D eigenvalue weighted by Gasteiger charge is 2.20. The number of hydrogen-bond acceptors (Lipinski definition) is 1. The fourth-order valence-electron chi connectivity index (χ4n) is 1.28. The topological polar surface area (TPSA) is 0 Å². The lowest BCUT2D eigenvalue weighted by Crippen LogP contribution is -1.85. The van der Waals surface area contributed by atoms with Crippen molar-refractivity contribution in [1.29, 1.82) is 0 Å². The van der Waals surface area contributed by atoms with Crippen molar-refractivity contribution in [2.45, 2.75) is 17.2 Å².